The fourth-order valence-electron chi connectivity index (χ4n) is 0.881. The Kier molecular flexibility index (Phi) is 5.18. The first-order chi connectivity index (χ1) is 5.70. The molecule has 1 aromatic rings. The first-order valence-corrected chi connectivity index (χ1v) is 4.55. The molecule has 1 aromatic carbocycles. The van der Waals surface area contributed by atoms with Crippen LogP contribution < -0.4 is 5.73 Å². The van der Waals surface area contributed by atoms with E-state index in [1.807, 2.05) is 26.0 Å². The third-order valence-corrected chi connectivity index (χ3v) is 1.60. The van der Waals surface area contributed by atoms with E-state index < -0.39 is 0 Å². The molecule has 0 radical (unpaired) electrons. The van der Waals surface area contributed by atoms with E-state index in [-0.39, 0.29) is 0 Å². The highest BCUT2D eigenvalue weighted by atomic mass is 14.5. The van der Waals surface area contributed by atoms with Crippen LogP contribution in [0.15, 0.2) is 24.3 Å². The van der Waals surface area contributed by atoms with Gasteiger partial charge in [-0.25, -0.2) is 0 Å². The molecule has 68 valence electrons. The van der Waals surface area contributed by atoms with Gasteiger partial charge in [0, 0.05) is 5.69 Å². The second-order valence-electron chi connectivity index (χ2n) is 2.82. The fourth-order valence-corrected chi connectivity index (χ4v) is 0.881. The summed E-state index contributed by atoms with van der Waals surface area (Å²) in [6, 6.07) is 8.02. The standard InChI is InChI=1S/C9H13N.C2H6/c1-7(2)8-3-5-9(10)6-4-8;1-2/h3-7H,10H2,1-2H3;1-2H3. The van der Waals surface area contributed by atoms with Crippen molar-refractivity contribution in [2.75, 3.05) is 5.73 Å². The average molecular weight is 165 g/mol. The third kappa shape index (κ3) is 3.42. The van der Waals surface area contributed by atoms with Crippen LogP contribution in [0.1, 0.15) is 39.2 Å². The van der Waals surface area contributed by atoms with Crippen molar-refractivity contribution in [1.82, 2.24) is 0 Å². The molecular formula is C11H19N. The summed E-state index contributed by atoms with van der Waals surface area (Å²) in [4.78, 5) is 0. The van der Waals surface area contributed by atoms with Crippen LogP contribution in [0.2, 0.25) is 0 Å². The predicted molar refractivity (Wildman–Crippen MR) is 56.3 cm³/mol. The van der Waals surface area contributed by atoms with Crippen LogP contribution in [0.3, 0.4) is 0 Å². The van der Waals surface area contributed by atoms with Gasteiger partial charge >= 0.3 is 0 Å². The Bertz CT molecular complexity index is 199. The summed E-state index contributed by atoms with van der Waals surface area (Å²) in [6.45, 7) is 8.34. The maximum Gasteiger partial charge on any atom is 0.0314 e. The molecule has 0 amide bonds. The van der Waals surface area contributed by atoms with Gasteiger partial charge in [0.1, 0.15) is 0 Å². The molecule has 0 aliphatic rings. The van der Waals surface area contributed by atoms with E-state index in [1.54, 1.807) is 0 Å². The largest absolute Gasteiger partial charge is 0.399 e. The van der Waals surface area contributed by atoms with Crippen molar-refractivity contribution >= 4 is 5.69 Å². The lowest BCUT2D eigenvalue weighted by Gasteiger charge is -2.03. The van der Waals surface area contributed by atoms with Crippen LogP contribution in [0, 0.1) is 0 Å². The summed E-state index contributed by atoms with van der Waals surface area (Å²) in [5, 5.41) is 0. The number of nitrogen functional groups attached to an aromatic ring is 1. The molecule has 0 aromatic heterocycles. The molecule has 0 unspecified atom stereocenters. The van der Waals surface area contributed by atoms with Crippen LogP contribution in [0.5, 0.6) is 0 Å². The number of anilines is 1. The summed E-state index contributed by atoms with van der Waals surface area (Å²) in [5.41, 5.74) is 7.71. The van der Waals surface area contributed by atoms with E-state index in [1.165, 1.54) is 5.56 Å². The van der Waals surface area contributed by atoms with E-state index in [2.05, 4.69) is 26.0 Å². The molecule has 2 N–H and O–H groups in total. The molecular weight excluding hydrogens is 146 g/mol. The Labute approximate surface area is 75.6 Å². The van der Waals surface area contributed by atoms with Gasteiger partial charge in [-0.05, 0) is 23.6 Å². The maximum absolute atomic E-state index is 5.53. The smallest absolute Gasteiger partial charge is 0.0314 e. The number of benzene rings is 1. The number of hydrogen-bond donors (Lipinski definition) is 1. The van der Waals surface area contributed by atoms with Gasteiger partial charge in [0.2, 0.25) is 0 Å². The van der Waals surface area contributed by atoms with Crippen LogP contribution in [-0.2, 0) is 0 Å². The van der Waals surface area contributed by atoms with Crippen molar-refractivity contribution in [2.24, 2.45) is 0 Å². The molecule has 0 heterocycles. The summed E-state index contributed by atoms with van der Waals surface area (Å²) in [7, 11) is 0. The van der Waals surface area contributed by atoms with E-state index in [4.69, 9.17) is 5.73 Å². The Balaban J connectivity index is 0.000000561. The molecule has 0 atom stereocenters. The normalized spacial score (nSPS) is 9.08. The van der Waals surface area contributed by atoms with E-state index in [9.17, 15) is 0 Å². The SMILES string of the molecule is CC.CC(C)c1ccc(N)cc1. The quantitative estimate of drug-likeness (QED) is 0.634. The Hall–Kier alpha value is -0.980. The molecule has 0 saturated carbocycles. The minimum Gasteiger partial charge on any atom is -0.399 e. The molecule has 12 heavy (non-hydrogen) atoms. The van der Waals surface area contributed by atoms with E-state index in [0.717, 1.165) is 5.69 Å². The van der Waals surface area contributed by atoms with Crippen molar-refractivity contribution in [2.45, 2.75) is 33.6 Å². The highest BCUT2D eigenvalue weighted by Crippen LogP contribution is 2.14. The van der Waals surface area contributed by atoms with Crippen molar-refractivity contribution in [3.8, 4) is 0 Å². The maximum atomic E-state index is 5.53. The fraction of sp³-hybridized carbons (Fsp3) is 0.455. The highest BCUT2D eigenvalue weighted by molar-refractivity contribution is 5.39. The van der Waals surface area contributed by atoms with Gasteiger partial charge in [0.15, 0.2) is 0 Å². The van der Waals surface area contributed by atoms with Gasteiger partial charge < -0.3 is 5.73 Å². The molecule has 0 bridgehead atoms. The summed E-state index contributed by atoms with van der Waals surface area (Å²) < 4.78 is 0. The number of nitrogens with two attached hydrogens (primary N) is 1. The van der Waals surface area contributed by atoms with E-state index >= 15 is 0 Å². The van der Waals surface area contributed by atoms with Gasteiger partial charge in [-0.15, -0.1) is 0 Å². The summed E-state index contributed by atoms with van der Waals surface area (Å²) >= 11 is 0. The third-order valence-electron chi connectivity index (χ3n) is 1.60. The lowest BCUT2D eigenvalue weighted by atomic mass is 10.0. The summed E-state index contributed by atoms with van der Waals surface area (Å²) in [6.07, 6.45) is 0. The lowest BCUT2D eigenvalue weighted by Crippen LogP contribution is -1.88. The first kappa shape index (κ1) is 11.0. The zero-order chi connectivity index (χ0) is 9.56. The number of rotatable bonds is 1. The van der Waals surface area contributed by atoms with Gasteiger partial charge in [-0.3, -0.25) is 0 Å². The van der Waals surface area contributed by atoms with Crippen molar-refractivity contribution in [3.63, 3.8) is 0 Å². The number of hydrogen-bond acceptors (Lipinski definition) is 1. The molecule has 1 heteroatoms. The lowest BCUT2D eigenvalue weighted by molar-refractivity contribution is 0.867. The molecule has 0 fully saturated rings. The Morgan fingerprint density at radius 2 is 1.42 bits per heavy atom. The predicted octanol–water partition coefficient (Wildman–Crippen LogP) is 3.42. The van der Waals surface area contributed by atoms with Crippen LogP contribution >= 0.6 is 0 Å². The molecule has 0 aliphatic heterocycles. The van der Waals surface area contributed by atoms with Gasteiger partial charge in [-0.1, -0.05) is 39.8 Å². The van der Waals surface area contributed by atoms with Crippen molar-refractivity contribution in [1.29, 1.82) is 0 Å². The first-order valence-electron chi connectivity index (χ1n) is 4.55. The second kappa shape index (κ2) is 5.64. The molecule has 0 saturated heterocycles. The van der Waals surface area contributed by atoms with Crippen molar-refractivity contribution < 1.29 is 0 Å². The zero-order valence-electron chi connectivity index (χ0n) is 8.46. The minimum absolute atomic E-state index is 0.598. The van der Waals surface area contributed by atoms with E-state index in [0.29, 0.717) is 5.92 Å². The Morgan fingerprint density at radius 3 is 1.75 bits per heavy atom. The highest BCUT2D eigenvalue weighted by Gasteiger charge is 1.95. The van der Waals surface area contributed by atoms with Crippen LogP contribution in [-0.4, -0.2) is 0 Å². The topological polar surface area (TPSA) is 26.0 Å². The molecule has 1 rings (SSSR count). The molecule has 0 spiro atoms. The minimum atomic E-state index is 0.598. The summed E-state index contributed by atoms with van der Waals surface area (Å²) in [5.74, 6) is 0.598. The van der Waals surface area contributed by atoms with Gasteiger partial charge in [-0.2, -0.15) is 0 Å². The zero-order valence-corrected chi connectivity index (χ0v) is 8.46. The Morgan fingerprint density at radius 1 is 1.00 bits per heavy atom. The second-order valence-corrected chi connectivity index (χ2v) is 2.82. The monoisotopic (exact) mass is 165 g/mol. The van der Waals surface area contributed by atoms with Crippen molar-refractivity contribution in [3.05, 3.63) is 29.8 Å². The molecule has 1 nitrogen and oxygen atoms in total. The average Bonchev–Trinajstić information content (AvgIpc) is 2.09. The molecule has 0 aliphatic carbocycles. The van der Waals surface area contributed by atoms with Crippen LogP contribution in [0.4, 0.5) is 5.69 Å². The van der Waals surface area contributed by atoms with Gasteiger partial charge in [0.05, 0.1) is 0 Å². The van der Waals surface area contributed by atoms with Gasteiger partial charge in [0.25, 0.3) is 0 Å². The van der Waals surface area contributed by atoms with Crippen LogP contribution in [0.25, 0.3) is 0 Å².